The summed E-state index contributed by atoms with van der Waals surface area (Å²) < 4.78 is 32.0. The molecule has 7 heteroatoms. The molecule has 0 radical (unpaired) electrons. The van der Waals surface area contributed by atoms with Gasteiger partial charge in [-0.2, -0.15) is 5.10 Å². The maximum Gasteiger partial charge on any atom is 0.417 e. The first-order chi connectivity index (χ1) is 11.7. The van der Waals surface area contributed by atoms with E-state index in [1.165, 1.54) is 17.9 Å². The minimum Gasteiger partial charge on any atom is -0.406 e. The topological polar surface area (TPSA) is 56.1 Å². The Kier molecular flexibility index (Phi) is 5.77. The SMILES string of the molecule is Cn1cc(OC(=O)Nc2ccccc2CCC(C)(C)C)c(C(F)F)n1. The average Bonchev–Trinajstić information content (AvgIpc) is 2.86. The van der Waals surface area contributed by atoms with E-state index in [1.54, 1.807) is 12.1 Å². The van der Waals surface area contributed by atoms with Gasteiger partial charge >= 0.3 is 6.09 Å². The van der Waals surface area contributed by atoms with Crippen molar-refractivity contribution >= 4 is 11.8 Å². The highest BCUT2D eigenvalue weighted by Crippen LogP contribution is 2.28. The Balaban J connectivity index is 2.08. The van der Waals surface area contributed by atoms with E-state index in [0.717, 1.165) is 18.4 Å². The molecular formula is C18H23F2N3O2. The minimum atomic E-state index is -2.82. The number of carbonyl (C=O) groups excluding carboxylic acids is 1. The third-order valence-corrected chi connectivity index (χ3v) is 3.63. The van der Waals surface area contributed by atoms with Crippen molar-refractivity contribution in [2.75, 3.05) is 5.32 Å². The number of amides is 1. The molecule has 1 N–H and O–H groups in total. The summed E-state index contributed by atoms with van der Waals surface area (Å²) in [5.74, 6) is -0.248. The predicted molar refractivity (Wildman–Crippen MR) is 92.0 cm³/mol. The van der Waals surface area contributed by atoms with Crippen molar-refractivity contribution < 1.29 is 18.3 Å². The smallest absolute Gasteiger partial charge is 0.406 e. The third-order valence-electron chi connectivity index (χ3n) is 3.63. The van der Waals surface area contributed by atoms with Crippen LogP contribution in [0.15, 0.2) is 30.5 Å². The Labute approximate surface area is 146 Å². The fourth-order valence-electron chi connectivity index (χ4n) is 2.32. The summed E-state index contributed by atoms with van der Waals surface area (Å²) in [6.45, 7) is 6.43. The summed E-state index contributed by atoms with van der Waals surface area (Å²) in [6.07, 6.45) is -0.665. The maximum absolute atomic E-state index is 12.9. The number of carbonyl (C=O) groups is 1. The van der Waals surface area contributed by atoms with Gasteiger partial charge in [0.2, 0.25) is 0 Å². The zero-order valence-corrected chi connectivity index (χ0v) is 14.8. The third kappa shape index (κ3) is 5.55. The standard InChI is InChI=1S/C18H23F2N3O2/c1-18(2,3)10-9-12-7-5-6-8-13(12)21-17(24)25-14-11-23(4)22-15(14)16(19)20/h5-8,11,16H,9-10H2,1-4H3,(H,21,24). The van der Waals surface area contributed by atoms with Gasteiger partial charge < -0.3 is 4.74 Å². The molecule has 0 spiro atoms. The maximum atomic E-state index is 12.9. The van der Waals surface area contributed by atoms with Crippen molar-refractivity contribution in [1.29, 1.82) is 0 Å². The predicted octanol–water partition coefficient (Wildman–Crippen LogP) is 4.95. The van der Waals surface area contributed by atoms with Crippen molar-refractivity contribution in [3.63, 3.8) is 0 Å². The summed E-state index contributed by atoms with van der Waals surface area (Å²) in [5, 5.41) is 6.23. The Hall–Kier alpha value is -2.44. The number of alkyl halides is 2. The van der Waals surface area contributed by atoms with Crippen LogP contribution < -0.4 is 10.1 Å². The van der Waals surface area contributed by atoms with Crippen LogP contribution in [0.25, 0.3) is 0 Å². The molecule has 25 heavy (non-hydrogen) atoms. The van der Waals surface area contributed by atoms with Gasteiger partial charge in [-0.1, -0.05) is 39.0 Å². The molecule has 0 atom stereocenters. The lowest BCUT2D eigenvalue weighted by atomic mass is 9.88. The largest absolute Gasteiger partial charge is 0.417 e. The van der Waals surface area contributed by atoms with Crippen molar-refractivity contribution in [3.05, 3.63) is 41.7 Å². The van der Waals surface area contributed by atoms with Crippen LogP contribution in [0.2, 0.25) is 0 Å². The summed E-state index contributed by atoms with van der Waals surface area (Å²) in [7, 11) is 1.48. The van der Waals surface area contributed by atoms with E-state index in [0.29, 0.717) is 5.69 Å². The first-order valence-electron chi connectivity index (χ1n) is 8.04. The van der Waals surface area contributed by atoms with E-state index in [9.17, 15) is 13.6 Å². The summed E-state index contributed by atoms with van der Waals surface area (Å²) in [4.78, 5) is 12.1. The van der Waals surface area contributed by atoms with E-state index in [1.807, 2.05) is 12.1 Å². The van der Waals surface area contributed by atoms with Crippen LogP contribution in [0.4, 0.5) is 19.3 Å². The van der Waals surface area contributed by atoms with Crippen LogP contribution in [0, 0.1) is 5.41 Å². The highest BCUT2D eigenvalue weighted by molar-refractivity contribution is 5.87. The molecule has 0 bridgehead atoms. The number of hydrogen-bond acceptors (Lipinski definition) is 3. The molecular weight excluding hydrogens is 328 g/mol. The molecule has 2 rings (SSSR count). The molecule has 0 aliphatic heterocycles. The lowest BCUT2D eigenvalue weighted by Crippen LogP contribution is -2.18. The number of nitrogens with one attached hydrogen (secondary N) is 1. The van der Waals surface area contributed by atoms with Crippen LogP contribution in [0.1, 0.15) is 44.9 Å². The van der Waals surface area contributed by atoms with E-state index in [-0.39, 0.29) is 11.2 Å². The number of ether oxygens (including phenoxy) is 1. The van der Waals surface area contributed by atoms with Crippen LogP contribution >= 0.6 is 0 Å². The first-order valence-corrected chi connectivity index (χ1v) is 8.04. The number of hydrogen-bond donors (Lipinski definition) is 1. The first kappa shape index (κ1) is 18.9. The van der Waals surface area contributed by atoms with Gasteiger partial charge in [0.05, 0.1) is 6.20 Å². The molecule has 0 fully saturated rings. The molecule has 0 aliphatic carbocycles. The van der Waals surface area contributed by atoms with E-state index in [4.69, 9.17) is 4.74 Å². The minimum absolute atomic E-state index is 0.162. The van der Waals surface area contributed by atoms with Gasteiger partial charge in [0.25, 0.3) is 6.43 Å². The number of anilines is 1. The average molecular weight is 351 g/mol. The summed E-state index contributed by atoms with van der Waals surface area (Å²) >= 11 is 0. The van der Waals surface area contributed by atoms with Gasteiger partial charge in [0.15, 0.2) is 11.4 Å². The van der Waals surface area contributed by atoms with Gasteiger partial charge in [-0.15, -0.1) is 0 Å². The Morgan fingerprint density at radius 2 is 2.00 bits per heavy atom. The number of rotatable bonds is 5. The number of benzene rings is 1. The van der Waals surface area contributed by atoms with Crippen LogP contribution in [0.5, 0.6) is 5.75 Å². The number of nitrogens with zero attached hydrogens (tertiary/aromatic N) is 2. The summed E-state index contributed by atoms with van der Waals surface area (Å²) in [6, 6.07) is 7.38. The van der Waals surface area contributed by atoms with Crippen LogP contribution in [-0.4, -0.2) is 15.9 Å². The molecule has 1 amide bonds. The number of aromatic nitrogens is 2. The summed E-state index contributed by atoms with van der Waals surface area (Å²) in [5.41, 5.74) is 1.18. The Morgan fingerprint density at radius 3 is 2.64 bits per heavy atom. The highest BCUT2D eigenvalue weighted by atomic mass is 19.3. The number of aryl methyl sites for hydroxylation is 2. The second-order valence-corrected chi connectivity index (χ2v) is 7.09. The van der Waals surface area contributed by atoms with E-state index in [2.05, 4.69) is 31.2 Å². The Morgan fingerprint density at radius 1 is 1.32 bits per heavy atom. The molecule has 1 heterocycles. The quantitative estimate of drug-likeness (QED) is 0.829. The van der Waals surface area contributed by atoms with Crippen LogP contribution in [0.3, 0.4) is 0 Å². The lowest BCUT2D eigenvalue weighted by Gasteiger charge is -2.19. The fraction of sp³-hybridized carbons (Fsp3) is 0.444. The van der Waals surface area contributed by atoms with Gasteiger partial charge in [0.1, 0.15) is 0 Å². The van der Waals surface area contributed by atoms with Crippen LogP contribution in [-0.2, 0) is 13.5 Å². The zero-order valence-electron chi connectivity index (χ0n) is 14.8. The second kappa shape index (κ2) is 7.63. The van der Waals surface area contributed by atoms with Gasteiger partial charge in [-0.3, -0.25) is 10.00 Å². The fourth-order valence-corrected chi connectivity index (χ4v) is 2.32. The van der Waals surface area contributed by atoms with Crippen molar-refractivity contribution in [3.8, 4) is 5.75 Å². The molecule has 0 unspecified atom stereocenters. The number of para-hydroxylation sites is 1. The molecule has 5 nitrogen and oxygen atoms in total. The Bertz CT molecular complexity index is 736. The van der Waals surface area contributed by atoms with E-state index >= 15 is 0 Å². The number of halogens is 2. The van der Waals surface area contributed by atoms with Crippen molar-refractivity contribution in [1.82, 2.24) is 9.78 Å². The normalized spacial score (nSPS) is 11.6. The second-order valence-electron chi connectivity index (χ2n) is 7.09. The van der Waals surface area contributed by atoms with Crippen molar-refractivity contribution in [2.24, 2.45) is 12.5 Å². The zero-order chi connectivity index (χ0) is 18.6. The van der Waals surface area contributed by atoms with Gasteiger partial charge in [0, 0.05) is 12.7 Å². The molecule has 0 saturated heterocycles. The van der Waals surface area contributed by atoms with E-state index < -0.39 is 18.2 Å². The molecule has 0 saturated carbocycles. The monoisotopic (exact) mass is 351 g/mol. The molecule has 0 aliphatic rings. The highest BCUT2D eigenvalue weighted by Gasteiger charge is 2.21. The molecule has 1 aromatic carbocycles. The lowest BCUT2D eigenvalue weighted by molar-refractivity contribution is 0.141. The molecule has 2 aromatic rings. The molecule has 136 valence electrons. The molecule has 1 aromatic heterocycles. The van der Waals surface area contributed by atoms with Gasteiger partial charge in [-0.05, 0) is 29.9 Å². The van der Waals surface area contributed by atoms with Gasteiger partial charge in [-0.25, -0.2) is 13.6 Å². The van der Waals surface area contributed by atoms with Crippen molar-refractivity contribution in [2.45, 2.75) is 40.0 Å².